The van der Waals surface area contributed by atoms with Crippen LogP contribution in [0.5, 0.6) is 5.75 Å². The molecule has 0 aliphatic carbocycles. The molecule has 9 nitrogen and oxygen atoms in total. The number of H-pyrrole nitrogens is 1. The molecule has 0 unspecified atom stereocenters. The van der Waals surface area contributed by atoms with E-state index in [0.717, 1.165) is 33.4 Å². The summed E-state index contributed by atoms with van der Waals surface area (Å²) in [5.41, 5.74) is 2.44. The summed E-state index contributed by atoms with van der Waals surface area (Å²) in [6, 6.07) is 14.0. The molecule has 2 heterocycles. The van der Waals surface area contributed by atoms with Crippen molar-refractivity contribution in [2.24, 2.45) is 0 Å². The number of aromatic nitrogens is 1. The first-order valence-electron chi connectivity index (χ1n) is 10.2. The first-order chi connectivity index (χ1) is 16.4. The Morgan fingerprint density at radius 1 is 1.09 bits per heavy atom. The number of anilines is 1. The zero-order chi connectivity index (χ0) is 24.2. The zero-order valence-electron chi connectivity index (χ0n) is 18.0. The van der Waals surface area contributed by atoms with Gasteiger partial charge in [0.1, 0.15) is 16.7 Å². The van der Waals surface area contributed by atoms with Gasteiger partial charge in [-0.1, -0.05) is 18.2 Å². The Morgan fingerprint density at radius 3 is 2.50 bits per heavy atom. The van der Waals surface area contributed by atoms with Crippen LogP contribution in [0.3, 0.4) is 0 Å². The third-order valence-electron chi connectivity index (χ3n) is 5.25. The largest absolute Gasteiger partial charge is 0.497 e. The van der Waals surface area contributed by atoms with Crippen molar-refractivity contribution < 1.29 is 29.3 Å². The summed E-state index contributed by atoms with van der Waals surface area (Å²) < 4.78 is 5.14. The number of aromatic carboxylic acids is 1. The Hall–Kier alpha value is -4.31. The Bertz CT molecular complexity index is 1360. The molecule has 0 radical (unpaired) electrons. The highest BCUT2D eigenvalue weighted by Gasteiger charge is 2.24. The van der Waals surface area contributed by atoms with Gasteiger partial charge in [-0.3, -0.25) is 0 Å². The van der Waals surface area contributed by atoms with Gasteiger partial charge in [0.2, 0.25) is 0 Å². The normalized spacial score (nSPS) is 11.7. The van der Waals surface area contributed by atoms with Gasteiger partial charge in [0.15, 0.2) is 0 Å². The van der Waals surface area contributed by atoms with E-state index < -0.39 is 24.0 Å². The molecule has 0 bridgehead atoms. The van der Waals surface area contributed by atoms with Crippen molar-refractivity contribution in [1.82, 2.24) is 10.3 Å². The summed E-state index contributed by atoms with van der Waals surface area (Å²) in [6.45, 7) is 0. The van der Waals surface area contributed by atoms with Crippen LogP contribution in [0, 0.1) is 0 Å². The smallest absolute Gasteiger partial charge is 0.348 e. The molecule has 174 valence electrons. The van der Waals surface area contributed by atoms with Crippen molar-refractivity contribution in [3.8, 4) is 16.2 Å². The molecule has 0 aliphatic rings. The molecule has 10 heteroatoms. The van der Waals surface area contributed by atoms with Gasteiger partial charge in [0, 0.05) is 28.4 Å². The monoisotopic (exact) mass is 479 g/mol. The summed E-state index contributed by atoms with van der Waals surface area (Å²) >= 11 is 1.00. The second-order valence-electron chi connectivity index (χ2n) is 7.44. The van der Waals surface area contributed by atoms with Crippen LogP contribution >= 0.6 is 11.3 Å². The lowest BCUT2D eigenvalue weighted by atomic mass is 10.1. The fourth-order valence-corrected chi connectivity index (χ4v) is 4.54. The van der Waals surface area contributed by atoms with Crippen molar-refractivity contribution in [1.29, 1.82) is 0 Å². The van der Waals surface area contributed by atoms with Crippen LogP contribution < -0.4 is 15.4 Å². The van der Waals surface area contributed by atoms with E-state index >= 15 is 0 Å². The highest BCUT2D eigenvalue weighted by atomic mass is 32.1. The number of carbonyl (C=O) groups excluding carboxylic acids is 1. The quantitative estimate of drug-likeness (QED) is 0.253. The third-order valence-corrected chi connectivity index (χ3v) is 6.42. The number of rotatable bonds is 8. The van der Waals surface area contributed by atoms with E-state index in [1.165, 1.54) is 0 Å². The zero-order valence-corrected chi connectivity index (χ0v) is 18.8. The average molecular weight is 480 g/mol. The second kappa shape index (κ2) is 9.67. The van der Waals surface area contributed by atoms with Gasteiger partial charge in [-0.25, -0.2) is 14.4 Å². The van der Waals surface area contributed by atoms with Gasteiger partial charge in [0.25, 0.3) is 0 Å². The molecule has 5 N–H and O–H groups in total. The molecule has 0 spiro atoms. The second-order valence-corrected chi connectivity index (χ2v) is 8.49. The minimum atomic E-state index is -1.22. The van der Waals surface area contributed by atoms with Crippen LogP contribution in [0.2, 0.25) is 0 Å². The molecule has 1 atom stereocenters. The number of para-hydroxylation sites is 1. The van der Waals surface area contributed by atoms with Gasteiger partial charge in [-0.15, -0.1) is 11.3 Å². The van der Waals surface area contributed by atoms with Crippen molar-refractivity contribution in [2.75, 3.05) is 12.4 Å². The Kier molecular flexibility index (Phi) is 6.51. The van der Waals surface area contributed by atoms with E-state index in [1.807, 2.05) is 24.3 Å². The number of thiophene rings is 1. The number of urea groups is 1. The van der Waals surface area contributed by atoms with E-state index in [1.54, 1.807) is 43.6 Å². The van der Waals surface area contributed by atoms with Crippen molar-refractivity contribution in [3.05, 3.63) is 71.2 Å². The number of amides is 2. The lowest BCUT2D eigenvalue weighted by molar-refractivity contribution is -0.139. The van der Waals surface area contributed by atoms with Crippen LogP contribution in [0.15, 0.2) is 60.8 Å². The molecule has 2 amide bonds. The summed E-state index contributed by atoms with van der Waals surface area (Å²) in [5.74, 6) is -1.75. The fourth-order valence-electron chi connectivity index (χ4n) is 3.58. The number of aromatic amines is 1. The number of fused-ring (bicyclic) bond motifs is 1. The molecular weight excluding hydrogens is 458 g/mol. The number of benzene rings is 2. The van der Waals surface area contributed by atoms with E-state index in [9.17, 15) is 24.6 Å². The number of aliphatic carboxylic acids is 1. The first-order valence-corrected chi connectivity index (χ1v) is 11.0. The standard InChI is InChI=1S/C24H21N3O6S/c1-33-15-8-6-13(7-9-15)20-11-18(21(34-20)23(30)31)26-24(32)27-19(22(28)29)10-14-12-25-17-5-3-2-4-16(14)17/h2-9,11-12,19,25H,10H2,1H3,(H,28,29)(H,30,31)(H2,26,27,32)/t19-/m0/s1. The van der Waals surface area contributed by atoms with Gasteiger partial charge in [-0.2, -0.15) is 0 Å². The lowest BCUT2D eigenvalue weighted by Gasteiger charge is -2.15. The lowest BCUT2D eigenvalue weighted by Crippen LogP contribution is -2.44. The summed E-state index contributed by atoms with van der Waals surface area (Å²) in [4.78, 5) is 39.8. The minimum absolute atomic E-state index is 0.0549. The number of hydrogen-bond acceptors (Lipinski definition) is 5. The van der Waals surface area contributed by atoms with Gasteiger partial charge >= 0.3 is 18.0 Å². The van der Waals surface area contributed by atoms with Crippen molar-refractivity contribution >= 4 is 45.9 Å². The predicted octanol–water partition coefficient (Wildman–Crippen LogP) is 4.42. The number of methoxy groups -OCH3 is 1. The van der Waals surface area contributed by atoms with E-state index in [0.29, 0.717) is 10.6 Å². The highest BCUT2D eigenvalue weighted by Crippen LogP contribution is 2.35. The molecule has 4 rings (SSSR count). The maximum Gasteiger partial charge on any atom is 0.348 e. The number of carboxylic acids is 2. The summed E-state index contributed by atoms with van der Waals surface area (Å²) in [7, 11) is 1.55. The number of carboxylic acid groups (broad SMARTS) is 2. The Balaban J connectivity index is 1.51. The third kappa shape index (κ3) is 4.86. The van der Waals surface area contributed by atoms with E-state index in [4.69, 9.17) is 4.74 Å². The predicted molar refractivity (Wildman–Crippen MR) is 129 cm³/mol. The highest BCUT2D eigenvalue weighted by molar-refractivity contribution is 7.18. The molecule has 4 aromatic rings. The molecule has 0 saturated carbocycles. The SMILES string of the molecule is COc1ccc(-c2cc(NC(=O)N[C@@H](Cc3c[nH]c4ccccc34)C(=O)O)c(C(=O)O)s2)cc1. The van der Waals surface area contributed by atoms with Gasteiger partial charge in [-0.05, 0) is 47.5 Å². The molecule has 0 fully saturated rings. The molecule has 2 aromatic carbocycles. The number of ether oxygens (including phenoxy) is 1. The molecule has 2 aromatic heterocycles. The van der Waals surface area contributed by atoms with Gasteiger partial charge in [0.05, 0.1) is 12.8 Å². The van der Waals surface area contributed by atoms with Crippen molar-refractivity contribution in [3.63, 3.8) is 0 Å². The maximum atomic E-state index is 12.6. The van der Waals surface area contributed by atoms with Crippen LogP contribution in [0.1, 0.15) is 15.2 Å². The number of carbonyl (C=O) groups is 3. The summed E-state index contributed by atoms with van der Waals surface area (Å²) in [5, 5.41) is 25.0. The maximum absolute atomic E-state index is 12.6. The van der Waals surface area contributed by atoms with Crippen LogP contribution in [-0.2, 0) is 11.2 Å². The van der Waals surface area contributed by atoms with Crippen molar-refractivity contribution in [2.45, 2.75) is 12.5 Å². The average Bonchev–Trinajstić information content (AvgIpc) is 3.43. The van der Waals surface area contributed by atoms with Gasteiger partial charge < -0.3 is 30.6 Å². The molecular formula is C24H21N3O6S. The Labute approximate surface area is 198 Å². The van der Waals surface area contributed by atoms with E-state index in [2.05, 4.69) is 15.6 Å². The topological polar surface area (TPSA) is 141 Å². The molecule has 0 saturated heterocycles. The fraction of sp³-hybridized carbons (Fsp3) is 0.125. The number of nitrogens with one attached hydrogen (secondary N) is 3. The summed E-state index contributed by atoms with van der Waals surface area (Å²) in [6.07, 6.45) is 1.77. The van der Waals surface area contributed by atoms with Crippen LogP contribution in [-0.4, -0.2) is 46.3 Å². The van der Waals surface area contributed by atoms with Crippen LogP contribution in [0.25, 0.3) is 21.3 Å². The minimum Gasteiger partial charge on any atom is -0.497 e. The Morgan fingerprint density at radius 2 is 1.82 bits per heavy atom. The first kappa shape index (κ1) is 22.9. The van der Waals surface area contributed by atoms with E-state index in [-0.39, 0.29) is 17.0 Å². The molecule has 34 heavy (non-hydrogen) atoms. The van der Waals surface area contributed by atoms with Crippen LogP contribution in [0.4, 0.5) is 10.5 Å². The number of hydrogen-bond donors (Lipinski definition) is 5. The molecule has 0 aliphatic heterocycles.